The Morgan fingerprint density at radius 3 is 1.69 bits per heavy atom. The van der Waals surface area contributed by atoms with E-state index in [4.69, 9.17) is 23.7 Å². The van der Waals surface area contributed by atoms with E-state index >= 15 is 0 Å². The second-order valence-corrected chi connectivity index (χ2v) is 8.30. The van der Waals surface area contributed by atoms with Crippen molar-refractivity contribution in [2.75, 3.05) is 6.61 Å². The summed E-state index contributed by atoms with van der Waals surface area (Å²) in [6, 6.07) is 0. The molecule has 3 saturated heterocycles. The Morgan fingerprint density at radius 1 is 0.562 bits per heavy atom. The van der Waals surface area contributed by atoms with E-state index in [2.05, 4.69) is 0 Å². The number of hydrogen-bond acceptors (Lipinski definition) is 14. The van der Waals surface area contributed by atoms with Gasteiger partial charge in [0.15, 0.2) is 18.9 Å². The van der Waals surface area contributed by atoms with E-state index in [1.807, 2.05) is 0 Å². The summed E-state index contributed by atoms with van der Waals surface area (Å²) in [7, 11) is 0. The molecule has 0 aromatic heterocycles. The highest BCUT2D eigenvalue weighted by Crippen LogP contribution is 2.32. The van der Waals surface area contributed by atoms with Gasteiger partial charge in [0.1, 0.15) is 61.0 Å². The fourth-order valence-corrected chi connectivity index (χ4v) is 3.96. The molecule has 188 valence electrons. The molecule has 3 aliphatic heterocycles. The summed E-state index contributed by atoms with van der Waals surface area (Å²) in [5.74, 6) is 0. The van der Waals surface area contributed by atoms with Crippen LogP contribution in [0.15, 0.2) is 0 Å². The molecule has 3 aliphatic rings. The minimum Gasteiger partial charge on any atom is -0.394 e. The predicted octanol–water partition coefficient (Wildman–Crippen LogP) is -5.52. The highest BCUT2D eigenvalue weighted by Gasteiger charge is 2.52. The molecular formula is C18H32O14. The fraction of sp³-hybridized carbons (Fsp3) is 1.00. The van der Waals surface area contributed by atoms with E-state index in [1.165, 1.54) is 13.8 Å². The average molecular weight is 472 g/mol. The van der Waals surface area contributed by atoms with Gasteiger partial charge in [-0.1, -0.05) is 0 Å². The molecule has 9 N–H and O–H groups in total. The van der Waals surface area contributed by atoms with Gasteiger partial charge in [-0.25, -0.2) is 0 Å². The molecule has 14 nitrogen and oxygen atoms in total. The van der Waals surface area contributed by atoms with Crippen LogP contribution in [0.5, 0.6) is 0 Å². The van der Waals surface area contributed by atoms with Gasteiger partial charge >= 0.3 is 0 Å². The molecule has 0 aromatic rings. The lowest BCUT2D eigenvalue weighted by atomic mass is 9.96. The second kappa shape index (κ2) is 10.4. The molecule has 15 atom stereocenters. The molecule has 0 amide bonds. The van der Waals surface area contributed by atoms with Crippen LogP contribution in [0, 0.1) is 0 Å². The van der Waals surface area contributed by atoms with E-state index in [1.54, 1.807) is 0 Å². The molecule has 0 saturated carbocycles. The largest absolute Gasteiger partial charge is 0.394 e. The van der Waals surface area contributed by atoms with Crippen molar-refractivity contribution in [3.63, 3.8) is 0 Å². The van der Waals surface area contributed by atoms with Gasteiger partial charge in [-0.2, -0.15) is 0 Å². The maximum Gasteiger partial charge on any atom is 0.187 e. The minimum absolute atomic E-state index is 0.708. The van der Waals surface area contributed by atoms with E-state index in [0.717, 1.165) is 0 Å². The van der Waals surface area contributed by atoms with Crippen LogP contribution in [0.4, 0.5) is 0 Å². The van der Waals surface area contributed by atoms with Crippen molar-refractivity contribution in [2.24, 2.45) is 0 Å². The molecule has 0 bridgehead atoms. The molecule has 3 fully saturated rings. The van der Waals surface area contributed by atoms with Crippen LogP contribution in [0.1, 0.15) is 13.8 Å². The molecule has 3 rings (SSSR count). The van der Waals surface area contributed by atoms with E-state index in [9.17, 15) is 46.0 Å². The number of ether oxygens (including phenoxy) is 5. The monoisotopic (exact) mass is 472 g/mol. The van der Waals surface area contributed by atoms with Gasteiger partial charge in [0, 0.05) is 0 Å². The molecule has 0 unspecified atom stereocenters. The van der Waals surface area contributed by atoms with Crippen molar-refractivity contribution in [1.82, 2.24) is 0 Å². The molecule has 0 radical (unpaired) electrons. The SMILES string of the molecule is C[C@@H]1O[C@@H](O[C@@H]2[C@@H](O[C@@H]3O[C@H](CO)[C@@H](O)[C@H](O)[C@H]3O)[C@@H](O)[C@H](O)O[C@H]2C)[C@H](O)[C@H](O)[C@H]1O. The second-order valence-electron chi connectivity index (χ2n) is 8.30. The molecule has 32 heavy (non-hydrogen) atoms. The van der Waals surface area contributed by atoms with Gasteiger partial charge in [-0.05, 0) is 13.8 Å². The molecule has 0 spiro atoms. The molecule has 0 aromatic carbocycles. The zero-order valence-corrected chi connectivity index (χ0v) is 17.4. The zero-order valence-electron chi connectivity index (χ0n) is 17.4. The first-order chi connectivity index (χ1) is 15.0. The van der Waals surface area contributed by atoms with Gasteiger partial charge < -0.3 is 69.6 Å². The quantitative estimate of drug-likeness (QED) is 0.182. The smallest absolute Gasteiger partial charge is 0.187 e. The predicted molar refractivity (Wildman–Crippen MR) is 98.4 cm³/mol. The van der Waals surface area contributed by atoms with Crippen LogP contribution in [0.25, 0.3) is 0 Å². The van der Waals surface area contributed by atoms with Crippen LogP contribution < -0.4 is 0 Å². The summed E-state index contributed by atoms with van der Waals surface area (Å²) >= 11 is 0. The highest BCUT2D eigenvalue weighted by molar-refractivity contribution is 4.95. The van der Waals surface area contributed by atoms with Crippen LogP contribution in [-0.2, 0) is 23.7 Å². The maximum absolute atomic E-state index is 10.5. The van der Waals surface area contributed by atoms with E-state index in [-0.39, 0.29) is 0 Å². The third-order valence-corrected chi connectivity index (χ3v) is 6.01. The van der Waals surface area contributed by atoms with Crippen molar-refractivity contribution in [2.45, 2.75) is 106 Å². The average Bonchev–Trinajstić information content (AvgIpc) is 2.76. The van der Waals surface area contributed by atoms with Crippen LogP contribution in [0.3, 0.4) is 0 Å². The first-order valence-electron chi connectivity index (χ1n) is 10.3. The lowest BCUT2D eigenvalue weighted by Gasteiger charge is -2.48. The van der Waals surface area contributed by atoms with Gasteiger partial charge in [0.05, 0.1) is 18.8 Å². The van der Waals surface area contributed by atoms with Gasteiger partial charge in [0.2, 0.25) is 0 Å². The van der Waals surface area contributed by atoms with Crippen LogP contribution >= 0.6 is 0 Å². The summed E-state index contributed by atoms with van der Waals surface area (Å²) < 4.78 is 27.2. The number of hydrogen-bond donors (Lipinski definition) is 9. The Bertz CT molecular complexity index is 608. The van der Waals surface area contributed by atoms with Crippen LogP contribution in [-0.4, -0.2) is 145 Å². The molecule has 3 heterocycles. The standard InChI is InChI=1S/C18H32O14/c1-4-7(20)9(22)11(24)17(29-4)31-14-5(2)28-16(27)13(26)15(14)32-18-12(25)10(23)8(21)6(3-19)30-18/h4-27H,3H2,1-2H3/t4-,5-,6+,7-,8+,9+,10-,11+,12+,13+,14-,15-,16+,17-,18-/m0/s1. The summed E-state index contributed by atoms with van der Waals surface area (Å²) in [5.41, 5.74) is 0. The van der Waals surface area contributed by atoms with Gasteiger partial charge in [0.25, 0.3) is 0 Å². The van der Waals surface area contributed by atoms with E-state index < -0.39 is 98.7 Å². The van der Waals surface area contributed by atoms with Crippen molar-refractivity contribution in [1.29, 1.82) is 0 Å². The number of aliphatic hydroxyl groups is 9. The summed E-state index contributed by atoms with van der Waals surface area (Å²) in [6.45, 7) is 2.19. The third-order valence-electron chi connectivity index (χ3n) is 6.01. The Kier molecular flexibility index (Phi) is 8.44. The topological polar surface area (TPSA) is 228 Å². The fourth-order valence-electron chi connectivity index (χ4n) is 3.96. The highest BCUT2D eigenvalue weighted by atomic mass is 16.8. The maximum atomic E-state index is 10.5. The molecule has 14 heteroatoms. The normalized spacial score (nSPS) is 55.0. The van der Waals surface area contributed by atoms with Crippen molar-refractivity contribution in [3.05, 3.63) is 0 Å². The Hall–Kier alpha value is -0.560. The Labute approximate surface area is 183 Å². The van der Waals surface area contributed by atoms with E-state index in [0.29, 0.717) is 0 Å². The Balaban J connectivity index is 1.79. The summed E-state index contributed by atoms with van der Waals surface area (Å²) in [4.78, 5) is 0. The molecule has 0 aliphatic carbocycles. The first-order valence-corrected chi connectivity index (χ1v) is 10.3. The van der Waals surface area contributed by atoms with Crippen molar-refractivity contribution >= 4 is 0 Å². The minimum atomic E-state index is -1.79. The third kappa shape index (κ3) is 4.94. The molecular weight excluding hydrogens is 440 g/mol. The number of aliphatic hydroxyl groups excluding tert-OH is 9. The summed E-state index contributed by atoms with van der Waals surface area (Å²) in [5, 5.41) is 90.0. The zero-order chi connectivity index (χ0) is 23.9. The van der Waals surface area contributed by atoms with Gasteiger partial charge in [-0.15, -0.1) is 0 Å². The lowest BCUT2D eigenvalue weighted by molar-refractivity contribution is -0.379. The van der Waals surface area contributed by atoms with Crippen LogP contribution in [0.2, 0.25) is 0 Å². The van der Waals surface area contributed by atoms with Gasteiger partial charge in [-0.3, -0.25) is 0 Å². The first kappa shape index (κ1) is 26.1. The lowest BCUT2D eigenvalue weighted by Crippen LogP contribution is -2.66. The Morgan fingerprint density at radius 2 is 1.09 bits per heavy atom. The van der Waals surface area contributed by atoms with Crippen molar-refractivity contribution < 1.29 is 69.6 Å². The summed E-state index contributed by atoms with van der Waals surface area (Å²) in [6.07, 6.45) is -22.4. The number of rotatable bonds is 5. The van der Waals surface area contributed by atoms with Crippen molar-refractivity contribution in [3.8, 4) is 0 Å².